The van der Waals surface area contributed by atoms with E-state index in [0.29, 0.717) is 21.2 Å². The number of anilines is 1. The molecule has 0 spiro atoms. The van der Waals surface area contributed by atoms with Gasteiger partial charge in [0.25, 0.3) is 11.8 Å². The maximum Gasteiger partial charge on any atom is 0.257 e. The van der Waals surface area contributed by atoms with Crippen molar-refractivity contribution in [2.24, 2.45) is 5.73 Å². The first-order chi connectivity index (χ1) is 10.5. The lowest BCUT2D eigenvalue weighted by molar-refractivity contribution is 0.100. The normalized spacial score (nSPS) is 13.0. The first-order valence-electron chi connectivity index (χ1n) is 6.99. The Hall–Kier alpha value is -1.85. The fourth-order valence-corrected chi connectivity index (χ4v) is 4.34. The lowest BCUT2D eigenvalue weighted by Crippen LogP contribution is -2.18. The van der Waals surface area contributed by atoms with Crippen molar-refractivity contribution in [3.63, 3.8) is 0 Å². The highest BCUT2D eigenvalue weighted by atomic mass is 35.5. The largest absolute Gasteiger partial charge is 0.365 e. The first-order valence-corrected chi connectivity index (χ1v) is 8.18. The number of benzene rings is 1. The van der Waals surface area contributed by atoms with Crippen LogP contribution >= 0.6 is 22.9 Å². The summed E-state index contributed by atoms with van der Waals surface area (Å²) in [5.41, 5.74) is 8.29. The van der Waals surface area contributed by atoms with Gasteiger partial charge in [-0.15, -0.1) is 11.3 Å². The van der Waals surface area contributed by atoms with Crippen LogP contribution in [-0.4, -0.2) is 11.8 Å². The molecule has 3 rings (SSSR count). The van der Waals surface area contributed by atoms with Gasteiger partial charge < -0.3 is 11.1 Å². The molecule has 0 unspecified atom stereocenters. The third-order valence-corrected chi connectivity index (χ3v) is 5.28. The lowest BCUT2D eigenvalue weighted by Gasteiger charge is -2.08. The summed E-state index contributed by atoms with van der Waals surface area (Å²) in [6.07, 6.45) is 2.80. The molecule has 1 aromatic heterocycles. The summed E-state index contributed by atoms with van der Waals surface area (Å²) < 4.78 is 0. The van der Waals surface area contributed by atoms with Crippen LogP contribution in [0.25, 0.3) is 0 Å². The van der Waals surface area contributed by atoms with E-state index in [4.69, 9.17) is 17.3 Å². The van der Waals surface area contributed by atoms with E-state index >= 15 is 0 Å². The van der Waals surface area contributed by atoms with Gasteiger partial charge in [0, 0.05) is 4.88 Å². The summed E-state index contributed by atoms with van der Waals surface area (Å²) >= 11 is 7.55. The number of nitrogens with two attached hydrogens (primary N) is 1. The number of rotatable bonds is 3. The van der Waals surface area contributed by atoms with Gasteiger partial charge in [-0.1, -0.05) is 17.7 Å². The van der Waals surface area contributed by atoms with Gasteiger partial charge in [-0.3, -0.25) is 9.59 Å². The molecule has 2 amide bonds. The van der Waals surface area contributed by atoms with E-state index in [1.165, 1.54) is 11.3 Å². The Morgan fingerprint density at radius 3 is 2.77 bits per heavy atom. The molecular weight excluding hydrogens is 320 g/mol. The molecule has 0 aliphatic heterocycles. The van der Waals surface area contributed by atoms with Crippen LogP contribution in [-0.2, 0) is 12.8 Å². The Morgan fingerprint density at radius 1 is 1.32 bits per heavy atom. The van der Waals surface area contributed by atoms with E-state index in [2.05, 4.69) is 5.32 Å². The van der Waals surface area contributed by atoms with Crippen molar-refractivity contribution >= 4 is 39.8 Å². The number of hydrogen-bond acceptors (Lipinski definition) is 3. The maximum absolute atomic E-state index is 12.4. The second-order valence-corrected chi connectivity index (χ2v) is 6.88. The topological polar surface area (TPSA) is 72.2 Å². The van der Waals surface area contributed by atoms with Gasteiger partial charge in [0.15, 0.2) is 0 Å². The summed E-state index contributed by atoms with van der Waals surface area (Å²) in [7, 11) is 0. The van der Waals surface area contributed by atoms with Gasteiger partial charge in [0.1, 0.15) is 5.00 Å². The molecule has 0 fully saturated rings. The number of amides is 2. The van der Waals surface area contributed by atoms with Gasteiger partial charge in [0.05, 0.1) is 16.1 Å². The molecule has 3 N–H and O–H groups in total. The Balaban J connectivity index is 1.93. The molecule has 1 aliphatic rings. The van der Waals surface area contributed by atoms with E-state index in [0.717, 1.165) is 35.3 Å². The minimum absolute atomic E-state index is 0.326. The van der Waals surface area contributed by atoms with Crippen LogP contribution in [0, 0.1) is 6.92 Å². The van der Waals surface area contributed by atoms with Crippen molar-refractivity contribution in [3.8, 4) is 0 Å². The zero-order valence-corrected chi connectivity index (χ0v) is 13.6. The van der Waals surface area contributed by atoms with Gasteiger partial charge in [-0.2, -0.15) is 0 Å². The Bertz CT molecular complexity index is 783. The molecule has 1 aliphatic carbocycles. The SMILES string of the molecule is Cc1ccc(C(=O)Nc2sc3c(c2C(N)=O)CCC3)c(Cl)c1. The fraction of sp³-hybridized carbons (Fsp3) is 0.250. The molecule has 1 heterocycles. The summed E-state index contributed by atoms with van der Waals surface area (Å²) in [5.74, 6) is -0.822. The minimum Gasteiger partial charge on any atom is -0.365 e. The number of carbonyl (C=O) groups is 2. The summed E-state index contributed by atoms with van der Waals surface area (Å²) in [6.45, 7) is 1.91. The average Bonchev–Trinajstić information content (AvgIpc) is 2.97. The molecule has 1 aromatic carbocycles. The molecular formula is C16H15ClN2O2S. The molecule has 22 heavy (non-hydrogen) atoms. The van der Waals surface area contributed by atoms with Gasteiger partial charge in [-0.25, -0.2) is 0 Å². The zero-order chi connectivity index (χ0) is 15.9. The Morgan fingerprint density at radius 2 is 2.09 bits per heavy atom. The van der Waals surface area contributed by atoms with Crippen molar-refractivity contribution in [1.29, 1.82) is 0 Å². The van der Waals surface area contributed by atoms with E-state index in [-0.39, 0.29) is 5.91 Å². The van der Waals surface area contributed by atoms with Crippen LogP contribution in [0.3, 0.4) is 0 Å². The highest BCUT2D eigenvalue weighted by Gasteiger charge is 2.26. The third kappa shape index (κ3) is 2.62. The third-order valence-electron chi connectivity index (χ3n) is 3.76. The Kier molecular flexibility index (Phi) is 3.93. The number of primary amides is 1. The van der Waals surface area contributed by atoms with Crippen LogP contribution in [0.5, 0.6) is 0 Å². The second-order valence-electron chi connectivity index (χ2n) is 5.36. The van der Waals surface area contributed by atoms with Crippen molar-refractivity contribution < 1.29 is 9.59 Å². The summed E-state index contributed by atoms with van der Waals surface area (Å²) in [5, 5.41) is 3.71. The Labute approximate surface area is 137 Å². The van der Waals surface area contributed by atoms with Crippen LogP contribution in [0.2, 0.25) is 5.02 Å². The number of nitrogens with one attached hydrogen (secondary N) is 1. The molecule has 6 heteroatoms. The van der Waals surface area contributed by atoms with Crippen LogP contribution in [0.4, 0.5) is 5.00 Å². The van der Waals surface area contributed by atoms with Gasteiger partial charge >= 0.3 is 0 Å². The van der Waals surface area contributed by atoms with Gasteiger partial charge in [0.2, 0.25) is 0 Å². The van der Waals surface area contributed by atoms with E-state index in [1.807, 2.05) is 13.0 Å². The van der Waals surface area contributed by atoms with Gasteiger partial charge in [-0.05, 0) is 49.4 Å². The number of hydrogen-bond donors (Lipinski definition) is 2. The predicted octanol–water partition coefficient (Wildman–Crippen LogP) is 3.55. The smallest absolute Gasteiger partial charge is 0.257 e. The molecule has 114 valence electrons. The van der Waals surface area contributed by atoms with Crippen molar-refractivity contribution in [3.05, 3.63) is 50.4 Å². The van der Waals surface area contributed by atoms with Crippen LogP contribution < -0.4 is 11.1 Å². The number of halogens is 1. The first kappa shape index (κ1) is 15.1. The number of thiophene rings is 1. The molecule has 0 radical (unpaired) electrons. The quantitative estimate of drug-likeness (QED) is 0.901. The average molecular weight is 335 g/mol. The number of fused-ring (bicyclic) bond motifs is 1. The molecule has 0 saturated heterocycles. The molecule has 0 saturated carbocycles. The molecule has 2 aromatic rings. The standard InChI is InChI=1S/C16H15ClN2O2S/c1-8-5-6-9(11(17)7-8)15(21)19-16-13(14(18)20)10-3-2-4-12(10)22-16/h5-7H,2-4H2,1H3,(H2,18,20)(H,19,21). The van der Waals surface area contributed by atoms with Crippen molar-refractivity contribution in [1.82, 2.24) is 0 Å². The zero-order valence-electron chi connectivity index (χ0n) is 12.0. The van der Waals surface area contributed by atoms with Crippen LogP contribution in [0.1, 0.15) is 43.1 Å². The summed E-state index contributed by atoms with van der Waals surface area (Å²) in [6, 6.07) is 5.24. The second kappa shape index (κ2) is 5.74. The van der Waals surface area contributed by atoms with Crippen LogP contribution in [0.15, 0.2) is 18.2 Å². The molecule has 0 atom stereocenters. The lowest BCUT2D eigenvalue weighted by atomic mass is 10.1. The summed E-state index contributed by atoms with van der Waals surface area (Å²) in [4.78, 5) is 25.3. The van der Waals surface area contributed by atoms with E-state index in [9.17, 15) is 9.59 Å². The number of carbonyl (C=O) groups excluding carboxylic acids is 2. The van der Waals surface area contributed by atoms with Crippen molar-refractivity contribution in [2.75, 3.05) is 5.32 Å². The highest BCUT2D eigenvalue weighted by molar-refractivity contribution is 7.17. The number of aryl methyl sites for hydroxylation is 2. The maximum atomic E-state index is 12.4. The minimum atomic E-state index is -0.496. The monoisotopic (exact) mass is 334 g/mol. The molecule has 0 bridgehead atoms. The predicted molar refractivity (Wildman–Crippen MR) is 89.0 cm³/mol. The fourth-order valence-electron chi connectivity index (χ4n) is 2.73. The van der Waals surface area contributed by atoms with Crippen molar-refractivity contribution in [2.45, 2.75) is 26.2 Å². The van der Waals surface area contributed by atoms with E-state index < -0.39 is 5.91 Å². The molecule has 4 nitrogen and oxygen atoms in total. The van der Waals surface area contributed by atoms with E-state index in [1.54, 1.807) is 12.1 Å². The highest BCUT2D eigenvalue weighted by Crippen LogP contribution is 2.39.